The Morgan fingerprint density at radius 3 is 2.55 bits per heavy atom. The Hall–Kier alpha value is -1.35. The summed E-state index contributed by atoms with van der Waals surface area (Å²) in [5.74, 6) is 0. The Labute approximate surface area is 119 Å². The van der Waals surface area contributed by atoms with E-state index >= 15 is 0 Å². The van der Waals surface area contributed by atoms with Crippen molar-refractivity contribution >= 4 is 21.4 Å². The summed E-state index contributed by atoms with van der Waals surface area (Å²) in [6, 6.07) is 4.66. The molecule has 2 rings (SSSR count). The minimum atomic E-state index is -3.46. The van der Waals surface area contributed by atoms with Crippen molar-refractivity contribution in [3.63, 3.8) is 0 Å². The number of morpholine rings is 1. The van der Waals surface area contributed by atoms with Gasteiger partial charge in [0.1, 0.15) is 0 Å². The molecule has 1 heterocycles. The minimum absolute atomic E-state index is 0.215. The van der Waals surface area contributed by atoms with Gasteiger partial charge in [-0.2, -0.15) is 0 Å². The molecule has 0 saturated carbocycles. The van der Waals surface area contributed by atoms with Crippen LogP contribution in [0.25, 0.3) is 0 Å². The van der Waals surface area contributed by atoms with E-state index < -0.39 is 10.0 Å². The molecule has 1 saturated heterocycles. The number of nitrogen functional groups attached to an aromatic ring is 1. The number of nitrogens with zero attached hydrogens (tertiary/aromatic N) is 2. The first-order valence-electron chi connectivity index (χ1n) is 6.32. The van der Waals surface area contributed by atoms with Crippen molar-refractivity contribution < 1.29 is 13.2 Å². The van der Waals surface area contributed by atoms with Crippen LogP contribution in [0, 0.1) is 0 Å². The standard InChI is InChI=1S/C12H20N4O3S/c1-15(2)20(17,18)10-3-4-11(13)12(9-10)14-16-5-7-19-8-6-16/h3-4,9,14H,5-8,13H2,1-2H3. The number of hydrazine groups is 1. The van der Waals surface area contributed by atoms with Gasteiger partial charge in [-0.15, -0.1) is 0 Å². The SMILES string of the molecule is CN(C)S(=O)(=O)c1ccc(N)c(NN2CCOCC2)c1. The van der Waals surface area contributed by atoms with Gasteiger partial charge in [0, 0.05) is 27.2 Å². The van der Waals surface area contributed by atoms with Gasteiger partial charge >= 0.3 is 0 Å². The van der Waals surface area contributed by atoms with Gasteiger partial charge in [-0.3, -0.25) is 0 Å². The Morgan fingerprint density at radius 1 is 1.30 bits per heavy atom. The van der Waals surface area contributed by atoms with Crippen molar-refractivity contribution in [2.75, 3.05) is 51.6 Å². The van der Waals surface area contributed by atoms with Gasteiger partial charge in [-0.25, -0.2) is 17.7 Å². The van der Waals surface area contributed by atoms with Gasteiger partial charge in [-0.05, 0) is 18.2 Å². The molecular weight excluding hydrogens is 280 g/mol. The maximum Gasteiger partial charge on any atom is 0.242 e. The lowest BCUT2D eigenvalue weighted by Gasteiger charge is -2.28. The van der Waals surface area contributed by atoms with Crippen LogP contribution < -0.4 is 11.2 Å². The number of nitrogens with one attached hydrogen (secondary N) is 1. The molecule has 0 aliphatic carbocycles. The third-order valence-corrected chi connectivity index (χ3v) is 4.90. The van der Waals surface area contributed by atoms with Crippen LogP contribution in [0.4, 0.5) is 11.4 Å². The fourth-order valence-corrected chi connectivity index (χ4v) is 2.78. The number of hydrogen-bond acceptors (Lipinski definition) is 6. The molecule has 0 bridgehead atoms. The molecule has 0 atom stereocenters. The molecule has 0 aromatic heterocycles. The van der Waals surface area contributed by atoms with Gasteiger partial charge in [0.05, 0.1) is 29.5 Å². The fourth-order valence-electron chi connectivity index (χ4n) is 1.85. The number of ether oxygens (including phenoxy) is 1. The van der Waals surface area contributed by atoms with Crippen LogP contribution in [-0.2, 0) is 14.8 Å². The van der Waals surface area contributed by atoms with Gasteiger partial charge in [-0.1, -0.05) is 0 Å². The Kier molecular flexibility index (Phi) is 4.48. The Balaban J connectivity index is 2.25. The molecule has 1 fully saturated rings. The van der Waals surface area contributed by atoms with E-state index in [-0.39, 0.29) is 4.90 Å². The average molecular weight is 300 g/mol. The second-order valence-electron chi connectivity index (χ2n) is 4.75. The van der Waals surface area contributed by atoms with E-state index in [1.165, 1.54) is 24.5 Å². The van der Waals surface area contributed by atoms with E-state index in [2.05, 4.69) is 5.43 Å². The van der Waals surface area contributed by atoms with E-state index in [1.54, 1.807) is 12.1 Å². The summed E-state index contributed by atoms with van der Waals surface area (Å²) in [5, 5.41) is 1.96. The summed E-state index contributed by atoms with van der Waals surface area (Å²) in [5.41, 5.74) is 10.1. The Morgan fingerprint density at radius 2 is 1.95 bits per heavy atom. The smallest absolute Gasteiger partial charge is 0.242 e. The van der Waals surface area contributed by atoms with Crippen LogP contribution in [0.3, 0.4) is 0 Å². The molecule has 0 radical (unpaired) electrons. The summed E-state index contributed by atoms with van der Waals surface area (Å²) in [6.07, 6.45) is 0. The predicted octanol–water partition coefficient (Wildman–Crippen LogP) is 0.178. The molecule has 8 heteroatoms. The van der Waals surface area contributed by atoms with Gasteiger partial charge < -0.3 is 15.9 Å². The zero-order valence-electron chi connectivity index (χ0n) is 11.7. The highest BCUT2D eigenvalue weighted by molar-refractivity contribution is 7.89. The monoisotopic (exact) mass is 300 g/mol. The third kappa shape index (κ3) is 3.21. The molecule has 112 valence electrons. The first kappa shape index (κ1) is 15.0. The number of rotatable bonds is 4. The predicted molar refractivity (Wildman–Crippen MR) is 77.7 cm³/mol. The summed E-state index contributed by atoms with van der Waals surface area (Å²) in [7, 11) is -0.461. The second kappa shape index (κ2) is 5.96. The summed E-state index contributed by atoms with van der Waals surface area (Å²) >= 11 is 0. The minimum Gasteiger partial charge on any atom is -0.397 e. The first-order valence-corrected chi connectivity index (χ1v) is 7.76. The fraction of sp³-hybridized carbons (Fsp3) is 0.500. The first-order chi connectivity index (χ1) is 9.41. The topological polar surface area (TPSA) is 87.9 Å². The number of anilines is 2. The van der Waals surface area contributed by atoms with Crippen LogP contribution in [0.2, 0.25) is 0 Å². The van der Waals surface area contributed by atoms with Crippen molar-refractivity contribution in [2.45, 2.75) is 4.90 Å². The zero-order chi connectivity index (χ0) is 14.8. The lowest BCUT2D eigenvalue weighted by atomic mass is 10.3. The van der Waals surface area contributed by atoms with Crippen molar-refractivity contribution in [3.8, 4) is 0 Å². The van der Waals surface area contributed by atoms with Crippen LogP contribution in [0.1, 0.15) is 0 Å². The molecule has 1 aliphatic heterocycles. The van der Waals surface area contributed by atoms with Crippen LogP contribution in [0.5, 0.6) is 0 Å². The van der Waals surface area contributed by atoms with E-state index in [4.69, 9.17) is 10.5 Å². The van der Waals surface area contributed by atoms with E-state index in [1.807, 2.05) is 5.01 Å². The molecule has 3 N–H and O–H groups in total. The quantitative estimate of drug-likeness (QED) is 0.771. The lowest BCUT2D eigenvalue weighted by Crippen LogP contribution is -2.40. The molecule has 0 amide bonds. The number of sulfonamides is 1. The maximum absolute atomic E-state index is 12.1. The van der Waals surface area contributed by atoms with Crippen molar-refractivity contribution in [1.82, 2.24) is 9.31 Å². The molecule has 0 spiro atoms. The molecule has 7 nitrogen and oxygen atoms in total. The lowest BCUT2D eigenvalue weighted by molar-refractivity contribution is 0.0497. The third-order valence-electron chi connectivity index (χ3n) is 3.09. The number of benzene rings is 1. The molecule has 1 aromatic carbocycles. The number of hydrogen-bond donors (Lipinski definition) is 2. The zero-order valence-corrected chi connectivity index (χ0v) is 12.5. The van der Waals surface area contributed by atoms with Crippen LogP contribution in [0.15, 0.2) is 23.1 Å². The van der Waals surface area contributed by atoms with Crippen LogP contribution in [-0.4, -0.2) is 58.1 Å². The largest absolute Gasteiger partial charge is 0.397 e. The van der Waals surface area contributed by atoms with E-state index in [0.29, 0.717) is 24.6 Å². The molecule has 20 heavy (non-hydrogen) atoms. The highest BCUT2D eigenvalue weighted by atomic mass is 32.2. The Bertz CT molecular complexity index is 568. The summed E-state index contributed by atoms with van der Waals surface area (Å²) < 4.78 is 30.7. The van der Waals surface area contributed by atoms with Crippen LogP contribution >= 0.6 is 0 Å². The molecule has 1 aromatic rings. The van der Waals surface area contributed by atoms with Crippen molar-refractivity contribution in [1.29, 1.82) is 0 Å². The molecule has 0 unspecified atom stereocenters. The molecule has 1 aliphatic rings. The molecular formula is C12H20N4O3S. The maximum atomic E-state index is 12.1. The summed E-state index contributed by atoms with van der Waals surface area (Å²) in [4.78, 5) is 0.215. The van der Waals surface area contributed by atoms with E-state index in [0.717, 1.165) is 13.1 Å². The van der Waals surface area contributed by atoms with Gasteiger partial charge in [0.25, 0.3) is 0 Å². The average Bonchev–Trinajstić information content (AvgIpc) is 2.42. The highest BCUT2D eigenvalue weighted by Crippen LogP contribution is 2.24. The van der Waals surface area contributed by atoms with Crippen molar-refractivity contribution in [3.05, 3.63) is 18.2 Å². The highest BCUT2D eigenvalue weighted by Gasteiger charge is 2.19. The second-order valence-corrected chi connectivity index (χ2v) is 6.90. The van der Waals surface area contributed by atoms with Gasteiger partial charge in [0.15, 0.2) is 0 Å². The van der Waals surface area contributed by atoms with Gasteiger partial charge in [0.2, 0.25) is 10.0 Å². The number of nitrogens with two attached hydrogens (primary N) is 1. The summed E-state index contributed by atoms with van der Waals surface area (Å²) in [6.45, 7) is 2.74. The normalized spacial score (nSPS) is 17.4. The van der Waals surface area contributed by atoms with E-state index in [9.17, 15) is 8.42 Å². The van der Waals surface area contributed by atoms with Crippen molar-refractivity contribution in [2.24, 2.45) is 0 Å².